The predicted molar refractivity (Wildman–Crippen MR) is 60.2 cm³/mol. The third-order valence-electron chi connectivity index (χ3n) is 2.41. The van der Waals surface area contributed by atoms with Crippen molar-refractivity contribution < 1.29 is 29.4 Å². The van der Waals surface area contributed by atoms with E-state index in [0.29, 0.717) is 0 Å². The van der Waals surface area contributed by atoms with Crippen LogP contribution in [0.2, 0.25) is 0 Å². The summed E-state index contributed by atoms with van der Waals surface area (Å²) in [6.45, 7) is 0. The monoisotopic (exact) mass is 280 g/mol. The maximum atomic E-state index is 11.4. The van der Waals surface area contributed by atoms with Crippen LogP contribution in [-0.2, 0) is 19.2 Å². The topological polar surface area (TPSA) is 158 Å². The van der Waals surface area contributed by atoms with Gasteiger partial charge in [0.1, 0.15) is 11.5 Å². The van der Waals surface area contributed by atoms with Crippen molar-refractivity contribution in [1.29, 1.82) is 0 Å². The normalized spacial score (nSPS) is 27.0. The van der Waals surface area contributed by atoms with E-state index in [1.165, 1.54) is 0 Å². The molecule has 0 aromatic heterocycles. The molecule has 20 heavy (non-hydrogen) atoms. The van der Waals surface area contributed by atoms with Gasteiger partial charge in [-0.25, -0.2) is 0 Å². The van der Waals surface area contributed by atoms with Crippen LogP contribution in [0.4, 0.5) is 0 Å². The first-order chi connectivity index (χ1) is 9.38. The van der Waals surface area contributed by atoms with Crippen molar-refractivity contribution in [3.8, 4) is 0 Å². The number of carbonyl (C=O) groups is 4. The second-order valence-electron chi connectivity index (χ2n) is 3.88. The number of imide groups is 2. The summed E-state index contributed by atoms with van der Waals surface area (Å²) >= 11 is 0. The number of rotatable bonds is 2. The lowest BCUT2D eigenvalue weighted by Gasteiger charge is -2.17. The van der Waals surface area contributed by atoms with Crippen molar-refractivity contribution in [1.82, 2.24) is 10.6 Å². The molecular weight excluding hydrogens is 272 g/mol. The van der Waals surface area contributed by atoms with Gasteiger partial charge >= 0.3 is 0 Å². The largest absolute Gasteiger partial charge is 0.509 e. The standard InChI is InChI=1S/C10H8N4O6/c15-3-1-5(17)11-9(19)7(3)13-14-8-4(16)2-6(18)12-10(8)20/h1-2,7-8,15-16H,(H,11,17,19)(H,12,18,20). The third-order valence-corrected chi connectivity index (χ3v) is 2.41. The molecule has 0 radical (unpaired) electrons. The fourth-order valence-corrected chi connectivity index (χ4v) is 1.50. The van der Waals surface area contributed by atoms with Crippen LogP contribution in [0.15, 0.2) is 33.9 Å². The second kappa shape index (κ2) is 4.91. The van der Waals surface area contributed by atoms with Crippen LogP contribution in [0.3, 0.4) is 0 Å². The van der Waals surface area contributed by atoms with Crippen molar-refractivity contribution in [3.63, 3.8) is 0 Å². The molecule has 0 bridgehead atoms. The van der Waals surface area contributed by atoms with Crippen LogP contribution >= 0.6 is 0 Å². The summed E-state index contributed by atoms with van der Waals surface area (Å²) in [5.41, 5.74) is 0. The zero-order valence-electron chi connectivity index (χ0n) is 9.73. The van der Waals surface area contributed by atoms with Crippen molar-refractivity contribution in [2.75, 3.05) is 0 Å². The highest BCUT2D eigenvalue weighted by Gasteiger charge is 2.32. The zero-order chi connectivity index (χ0) is 14.9. The van der Waals surface area contributed by atoms with E-state index in [1.807, 2.05) is 10.6 Å². The van der Waals surface area contributed by atoms with Gasteiger partial charge in [0.25, 0.3) is 23.6 Å². The van der Waals surface area contributed by atoms with Crippen molar-refractivity contribution in [2.24, 2.45) is 10.2 Å². The second-order valence-corrected chi connectivity index (χ2v) is 3.88. The third kappa shape index (κ3) is 2.53. The summed E-state index contributed by atoms with van der Waals surface area (Å²) < 4.78 is 0. The van der Waals surface area contributed by atoms with E-state index in [-0.39, 0.29) is 0 Å². The molecule has 4 amide bonds. The number of amides is 4. The summed E-state index contributed by atoms with van der Waals surface area (Å²) in [4.78, 5) is 44.5. The highest BCUT2D eigenvalue weighted by atomic mass is 16.3. The highest BCUT2D eigenvalue weighted by Crippen LogP contribution is 2.13. The average Bonchev–Trinajstić information content (AvgIpc) is 2.30. The van der Waals surface area contributed by atoms with Crippen LogP contribution in [0, 0.1) is 0 Å². The van der Waals surface area contributed by atoms with E-state index in [0.717, 1.165) is 12.2 Å². The Kier molecular flexibility index (Phi) is 3.29. The Morgan fingerprint density at radius 3 is 1.45 bits per heavy atom. The van der Waals surface area contributed by atoms with Gasteiger partial charge in [-0.1, -0.05) is 0 Å². The number of azo groups is 1. The van der Waals surface area contributed by atoms with Crippen molar-refractivity contribution in [2.45, 2.75) is 12.1 Å². The van der Waals surface area contributed by atoms with Crippen molar-refractivity contribution >= 4 is 23.6 Å². The van der Waals surface area contributed by atoms with Gasteiger partial charge in [0.15, 0.2) is 0 Å². The molecule has 0 saturated carbocycles. The van der Waals surface area contributed by atoms with Crippen LogP contribution in [-0.4, -0.2) is 45.9 Å². The van der Waals surface area contributed by atoms with Crippen molar-refractivity contribution in [3.05, 3.63) is 23.7 Å². The molecule has 0 saturated heterocycles. The molecule has 0 aromatic carbocycles. The van der Waals surface area contributed by atoms with Gasteiger partial charge in [0, 0.05) is 12.2 Å². The molecule has 2 heterocycles. The minimum absolute atomic E-state index is 0.640. The summed E-state index contributed by atoms with van der Waals surface area (Å²) in [5.74, 6) is -4.73. The lowest BCUT2D eigenvalue weighted by atomic mass is 10.1. The van der Waals surface area contributed by atoms with E-state index in [1.54, 1.807) is 0 Å². The van der Waals surface area contributed by atoms with E-state index in [2.05, 4.69) is 10.2 Å². The van der Waals surface area contributed by atoms with Gasteiger partial charge in [-0.15, -0.1) is 0 Å². The van der Waals surface area contributed by atoms with Crippen LogP contribution < -0.4 is 10.6 Å². The Balaban J connectivity index is 2.21. The minimum atomic E-state index is -1.49. The molecule has 0 spiro atoms. The van der Waals surface area contributed by atoms with Crippen LogP contribution in [0.25, 0.3) is 0 Å². The Hall–Kier alpha value is -3.04. The molecule has 4 N–H and O–H groups in total. The molecule has 2 atom stereocenters. The SMILES string of the molecule is O=C1C=C(O)C(N=NC2C(=O)NC(=O)C=C2O)C(=O)N1. The predicted octanol–water partition coefficient (Wildman–Crippen LogP) is -1.63. The Bertz CT molecular complexity index is 553. The molecule has 10 heteroatoms. The smallest absolute Gasteiger partial charge is 0.261 e. The van der Waals surface area contributed by atoms with Gasteiger partial charge in [0.2, 0.25) is 12.1 Å². The Morgan fingerprint density at radius 2 is 1.15 bits per heavy atom. The number of carbonyl (C=O) groups excluding carboxylic acids is 4. The molecule has 104 valence electrons. The summed E-state index contributed by atoms with van der Waals surface area (Å²) in [7, 11) is 0. The highest BCUT2D eigenvalue weighted by molar-refractivity contribution is 6.08. The maximum absolute atomic E-state index is 11.4. The molecule has 10 nitrogen and oxygen atoms in total. The lowest BCUT2D eigenvalue weighted by molar-refractivity contribution is -0.132. The first-order valence-corrected chi connectivity index (χ1v) is 5.29. The fourth-order valence-electron chi connectivity index (χ4n) is 1.50. The lowest BCUT2D eigenvalue weighted by Crippen LogP contribution is -2.44. The number of nitrogens with one attached hydrogen (secondary N) is 2. The van der Waals surface area contributed by atoms with E-state index in [9.17, 15) is 29.4 Å². The number of hydrogen-bond donors (Lipinski definition) is 4. The maximum Gasteiger partial charge on any atom is 0.261 e. The summed E-state index contributed by atoms with van der Waals surface area (Å²) in [6, 6.07) is -2.99. The number of aliphatic hydroxyl groups excluding tert-OH is 2. The van der Waals surface area contributed by atoms with E-state index in [4.69, 9.17) is 0 Å². The molecule has 0 fully saturated rings. The number of hydrogen-bond acceptors (Lipinski definition) is 8. The summed E-state index contributed by atoms with van der Waals surface area (Å²) in [6.07, 6.45) is 1.48. The van der Waals surface area contributed by atoms with Gasteiger partial charge in [0.05, 0.1) is 0 Å². The van der Waals surface area contributed by atoms with E-state index < -0.39 is 47.2 Å². The zero-order valence-corrected chi connectivity index (χ0v) is 9.73. The molecule has 2 aliphatic heterocycles. The summed E-state index contributed by atoms with van der Waals surface area (Å²) in [5, 5.41) is 29.4. The van der Waals surface area contributed by atoms with Gasteiger partial charge in [-0.2, -0.15) is 10.2 Å². The molecule has 2 rings (SSSR count). The van der Waals surface area contributed by atoms with E-state index >= 15 is 0 Å². The number of aliphatic hydroxyl groups is 2. The first kappa shape index (κ1) is 13.4. The van der Waals surface area contributed by atoms with Crippen LogP contribution in [0.1, 0.15) is 0 Å². The average molecular weight is 280 g/mol. The fraction of sp³-hybridized carbons (Fsp3) is 0.200. The van der Waals surface area contributed by atoms with Gasteiger partial charge in [-0.05, 0) is 0 Å². The molecule has 0 aromatic rings. The van der Waals surface area contributed by atoms with Gasteiger partial charge < -0.3 is 10.2 Å². The molecule has 0 aliphatic carbocycles. The first-order valence-electron chi connectivity index (χ1n) is 5.29. The number of nitrogens with zero attached hydrogens (tertiary/aromatic N) is 2. The molecular formula is C10H8N4O6. The quantitative estimate of drug-likeness (QED) is 0.351. The van der Waals surface area contributed by atoms with Crippen LogP contribution in [0.5, 0.6) is 0 Å². The van der Waals surface area contributed by atoms with Gasteiger partial charge in [-0.3, -0.25) is 29.8 Å². The Labute approximate surface area is 110 Å². The molecule has 2 aliphatic rings. The molecule has 2 unspecified atom stereocenters. The minimum Gasteiger partial charge on any atom is -0.509 e. The Morgan fingerprint density at radius 1 is 0.800 bits per heavy atom.